The zero-order valence-corrected chi connectivity index (χ0v) is 20.7. The van der Waals surface area contributed by atoms with Crippen LogP contribution in [0.4, 0.5) is 0 Å². The van der Waals surface area contributed by atoms with Gasteiger partial charge in [-0.3, -0.25) is 14.4 Å². The molecule has 9 heteroatoms. The van der Waals surface area contributed by atoms with E-state index < -0.39 is 11.9 Å². The third-order valence-electron chi connectivity index (χ3n) is 7.10. The molecule has 4 aromatic rings. The molecule has 39 heavy (non-hydrogen) atoms. The molecule has 1 atom stereocenters. The highest BCUT2D eigenvalue weighted by Gasteiger charge is 2.39. The number of fused-ring (bicyclic) bond motifs is 5. The number of pyridine rings is 1. The molecule has 3 aliphatic heterocycles. The number of ketones is 1. The second-order valence-electron chi connectivity index (χ2n) is 9.43. The maximum Gasteiger partial charge on any atom is 0.312 e. The molecular weight excluding hydrogens is 502 g/mol. The summed E-state index contributed by atoms with van der Waals surface area (Å²) < 4.78 is 28.1. The first-order chi connectivity index (χ1) is 19.0. The summed E-state index contributed by atoms with van der Waals surface area (Å²) in [5, 5.41) is 0.773. The summed E-state index contributed by atoms with van der Waals surface area (Å²) in [6, 6.07) is 15.6. The highest BCUT2D eigenvalue weighted by atomic mass is 16.6. The van der Waals surface area contributed by atoms with Gasteiger partial charge in [0.1, 0.15) is 30.5 Å². The number of carbonyl (C=O) groups excluding carboxylic acids is 2. The minimum Gasteiger partial charge on any atom is -0.497 e. The average molecular weight is 523 g/mol. The van der Waals surface area contributed by atoms with E-state index in [2.05, 4.69) is 4.98 Å². The van der Waals surface area contributed by atoms with Gasteiger partial charge in [0.2, 0.25) is 5.78 Å². The number of aromatic amines is 1. The fraction of sp³-hybridized carbons (Fsp3) is 0.167. The molecule has 194 valence electrons. The Bertz CT molecular complexity index is 1800. The van der Waals surface area contributed by atoms with Gasteiger partial charge >= 0.3 is 5.97 Å². The lowest BCUT2D eigenvalue weighted by atomic mass is 9.85. The number of rotatable bonds is 3. The predicted octanol–water partition coefficient (Wildman–Crippen LogP) is 4.37. The first-order valence-electron chi connectivity index (χ1n) is 12.4. The van der Waals surface area contributed by atoms with Gasteiger partial charge in [-0.05, 0) is 59.5 Å². The normalized spacial score (nSPS) is 18.4. The summed E-state index contributed by atoms with van der Waals surface area (Å²) in [4.78, 5) is 42.0. The van der Waals surface area contributed by atoms with Gasteiger partial charge < -0.3 is 28.7 Å². The largest absolute Gasteiger partial charge is 0.497 e. The van der Waals surface area contributed by atoms with Gasteiger partial charge in [-0.15, -0.1) is 0 Å². The van der Waals surface area contributed by atoms with E-state index in [1.165, 1.54) is 0 Å². The number of benzene rings is 3. The lowest BCUT2D eigenvalue weighted by molar-refractivity contribution is -0.135. The van der Waals surface area contributed by atoms with Gasteiger partial charge in [-0.2, -0.15) is 0 Å². The Labute approximate surface area is 221 Å². The van der Waals surface area contributed by atoms with Crippen molar-refractivity contribution < 1.29 is 33.3 Å². The number of methoxy groups -OCH3 is 1. The van der Waals surface area contributed by atoms with Gasteiger partial charge in [0.25, 0.3) is 5.56 Å². The molecule has 0 bridgehead atoms. The Morgan fingerprint density at radius 1 is 0.897 bits per heavy atom. The molecule has 0 spiro atoms. The number of H-pyrrole nitrogens is 1. The van der Waals surface area contributed by atoms with E-state index in [0.29, 0.717) is 58.2 Å². The number of Topliss-reactive ketones (excluding diaryl/α,β-unsaturated/α-hetero) is 1. The number of esters is 1. The summed E-state index contributed by atoms with van der Waals surface area (Å²) >= 11 is 0. The molecule has 3 aromatic carbocycles. The summed E-state index contributed by atoms with van der Waals surface area (Å²) in [5.41, 5.74) is 2.16. The standard InChI is InChI=1S/C30H21NO8/c1-35-17-4-3-16-12-20(30(34)31-21(16)13-17)19-14-26(32)38-23-7-5-18-28(33)25(39-29(18)27(19)23)11-15-2-6-22-24(10-15)37-9-8-36-22/h2-7,10-13,19H,8-9,14H2,1H3,(H,31,34)/b25-11-/t19-/m1/s1. The molecule has 9 nitrogen and oxygen atoms in total. The van der Waals surface area contributed by atoms with Crippen molar-refractivity contribution >= 4 is 28.7 Å². The van der Waals surface area contributed by atoms with Crippen molar-refractivity contribution in [2.75, 3.05) is 20.3 Å². The van der Waals surface area contributed by atoms with Crippen LogP contribution in [0.1, 0.15) is 39.4 Å². The lowest BCUT2D eigenvalue weighted by Gasteiger charge is -2.26. The van der Waals surface area contributed by atoms with E-state index in [1.807, 2.05) is 12.1 Å². The Morgan fingerprint density at radius 2 is 1.72 bits per heavy atom. The fourth-order valence-electron chi connectivity index (χ4n) is 5.26. The highest BCUT2D eigenvalue weighted by molar-refractivity contribution is 6.15. The molecular formula is C30H21NO8. The van der Waals surface area contributed by atoms with Crippen molar-refractivity contribution in [3.05, 3.63) is 93.0 Å². The number of carbonyl (C=O) groups is 2. The smallest absolute Gasteiger partial charge is 0.312 e. The van der Waals surface area contributed by atoms with Crippen LogP contribution in [0.5, 0.6) is 28.7 Å². The van der Waals surface area contributed by atoms with Crippen LogP contribution in [0.25, 0.3) is 17.0 Å². The average Bonchev–Trinajstić information content (AvgIpc) is 3.26. The first-order valence-corrected chi connectivity index (χ1v) is 12.4. The predicted molar refractivity (Wildman–Crippen MR) is 140 cm³/mol. The van der Waals surface area contributed by atoms with E-state index >= 15 is 0 Å². The molecule has 0 radical (unpaired) electrons. The van der Waals surface area contributed by atoms with Crippen LogP contribution in [-0.4, -0.2) is 37.1 Å². The van der Waals surface area contributed by atoms with Crippen LogP contribution >= 0.6 is 0 Å². The molecule has 0 aliphatic carbocycles. The second kappa shape index (κ2) is 8.76. The third-order valence-corrected chi connectivity index (χ3v) is 7.10. The zero-order chi connectivity index (χ0) is 26.7. The van der Waals surface area contributed by atoms with Crippen molar-refractivity contribution in [2.45, 2.75) is 12.3 Å². The molecule has 0 fully saturated rings. The second-order valence-corrected chi connectivity index (χ2v) is 9.43. The lowest BCUT2D eigenvalue weighted by Crippen LogP contribution is -2.26. The van der Waals surface area contributed by atoms with Gasteiger partial charge in [0.05, 0.1) is 24.6 Å². The molecule has 1 aromatic heterocycles. The van der Waals surface area contributed by atoms with E-state index in [-0.39, 0.29) is 35.0 Å². The topological polar surface area (TPSA) is 113 Å². The third kappa shape index (κ3) is 3.82. The summed E-state index contributed by atoms with van der Waals surface area (Å²) in [6.07, 6.45) is 1.56. The van der Waals surface area contributed by atoms with Gasteiger partial charge in [-0.25, -0.2) is 0 Å². The number of allylic oxidation sites excluding steroid dienone is 1. The maximum atomic E-state index is 13.3. The van der Waals surface area contributed by atoms with Gasteiger partial charge in [0.15, 0.2) is 17.3 Å². The van der Waals surface area contributed by atoms with E-state index in [9.17, 15) is 14.4 Å². The van der Waals surface area contributed by atoms with Crippen LogP contribution in [-0.2, 0) is 4.79 Å². The number of hydrogen-bond acceptors (Lipinski definition) is 8. The number of hydrogen-bond donors (Lipinski definition) is 1. The summed E-state index contributed by atoms with van der Waals surface area (Å²) in [7, 11) is 1.55. The van der Waals surface area contributed by atoms with E-state index in [4.69, 9.17) is 23.7 Å². The Morgan fingerprint density at radius 3 is 2.56 bits per heavy atom. The molecule has 0 amide bonds. The SMILES string of the molecule is COc1ccc2cc([C@H]3CC(=O)Oc4ccc5c(c43)O/C(=C\c3ccc4c(c3)OCCO4)C5=O)c(=O)[nH]c2c1. The molecule has 7 rings (SSSR count). The van der Waals surface area contributed by atoms with Crippen molar-refractivity contribution in [1.29, 1.82) is 0 Å². The summed E-state index contributed by atoms with van der Waals surface area (Å²) in [6.45, 7) is 0.928. The van der Waals surface area contributed by atoms with Crippen molar-refractivity contribution in [3.8, 4) is 28.7 Å². The molecule has 0 saturated heterocycles. The maximum absolute atomic E-state index is 13.3. The van der Waals surface area contributed by atoms with Crippen LogP contribution in [0, 0.1) is 0 Å². The quantitative estimate of drug-likeness (QED) is 0.239. The number of nitrogens with one attached hydrogen (secondary N) is 1. The van der Waals surface area contributed by atoms with Crippen LogP contribution in [0.15, 0.2) is 65.2 Å². The molecule has 1 N–H and O–H groups in total. The molecule has 0 saturated carbocycles. The molecule has 3 aliphatic rings. The monoisotopic (exact) mass is 523 g/mol. The number of aromatic nitrogens is 1. The van der Waals surface area contributed by atoms with E-state index in [1.54, 1.807) is 55.7 Å². The van der Waals surface area contributed by atoms with Gasteiger partial charge in [0, 0.05) is 23.1 Å². The van der Waals surface area contributed by atoms with Gasteiger partial charge in [-0.1, -0.05) is 6.07 Å². The van der Waals surface area contributed by atoms with E-state index in [0.717, 1.165) is 5.39 Å². The van der Waals surface area contributed by atoms with Crippen LogP contribution in [0.2, 0.25) is 0 Å². The Hall–Kier alpha value is -5.05. The van der Waals surface area contributed by atoms with Crippen molar-refractivity contribution in [3.63, 3.8) is 0 Å². The Balaban J connectivity index is 1.32. The highest BCUT2D eigenvalue weighted by Crippen LogP contribution is 2.48. The molecule has 0 unspecified atom stereocenters. The fourth-order valence-corrected chi connectivity index (χ4v) is 5.26. The first kappa shape index (κ1) is 23.1. The molecule has 4 heterocycles. The Kier molecular flexibility index (Phi) is 5.19. The zero-order valence-electron chi connectivity index (χ0n) is 20.7. The minimum absolute atomic E-state index is 0.0764. The minimum atomic E-state index is -0.673. The summed E-state index contributed by atoms with van der Waals surface area (Å²) in [5.74, 6) is 1.05. The van der Waals surface area contributed by atoms with Crippen LogP contribution in [0.3, 0.4) is 0 Å². The van der Waals surface area contributed by atoms with Crippen LogP contribution < -0.4 is 29.2 Å². The van der Waals surface area contributed by atoms with Crippen molar-refractivity contribution in [1.82, 2.24) is 4.98 Å². The number of ether oxygens (including phenoxy) is 5. The van der Waals surface area contributed by atoms with Crippen molar-refractivity contribution in [2.24, 2.45) is 0 Å².